The minimum atomic E-state index is -1.60. The van der Waals surface area contributed by atoms with Gasteiger partial charge in [-0.25, -0.2) is 0 Å². The molecule has 0 aliphatic heterocycles. The van der Waals surface area contributed by atoms with E-state index in [-0.39, 0.29) is 19.4 Å². The Balaban J connectivity index is 3.15. The fourth-order valence-electron chi connectivity index (χ4n) is 1.92. The minimum absolute atomic E-state index is 0.00849. The molecular weight excluding hydrogens is 303 g/mol. The number of rotatable bonds is 6. The Morgan fingerprint density at radius 2 is 1.90 bits per heavy atom. The minimum Gasteiger partial charge on any atom is -0.480 e. The summed E-state index contributed by atoms with van der Waals surface area (Å²) in [6, 6.07) is 4.80. The highest BCUT2D eigenvalue weighted by Gasteiger charge is 2.46. The van der Waals surface area contributed by atoms with Crippen LogP contribution in [0.3, 0.4) is 0 Å². The zero-order chi connectivity index (χ0) is 15.3. The van der Waals surface area contributed by atoms with Gasteiger partial charge < -0.3 is 9.84 Å². The van der Waals surface area contributed by atoms with E-state index in [4.69, 9.17) is 27.9 Å². The van der Waals surface area contributed by atoms with E-state index in [2.05, 4.69) is 0 Å². The van der Waals surface area contributed by atoms with Crippen LogP contribution in [-0.4, -0.2) is 23.7 Å². The highest BCUT2D eigenvalue weighted by molar-refractivity contribution is 6.42. The number of carbonyl (C=O) groups excluding carboxylic acids is 1. The van der Waals surface area contributed by atoms with Crippen molar-refractivity contribution in [1.29, 1.82) is 0 Å². The van der Waals surface area contributed by atoms with Crippen molar-refractivity contribution in [1.82, 2.24) is 0 Å². The van der Waals surface area contributed by atoms with Gasteiger partial charge in [0.15, 0.2) is 5.41 Å². The van der Waals surface area contributed by atoms with E-state index in [9.17, 15) is 14.7 Å². The van der Waals surface area contributed by atoms with E-state index < -0.39 is 17.4 Å². The van der Waals surface area contributed by atoms with Crippen molar-refractivity contribution in [2.75, 3.05) is 6.61 Å². The van der Waals surface area contributed by atoms with E-state index in [1.807, 2.05) is 0 Å². The first-order valence-electron chi connectivity index (χ1n) is 6.22. The van der Waals surface area contributed by atoms with Crippen molar-refractivity contribution in [3.05, 3.63) is 33.8 Å². The third-order valence-electron chi connectivity index (χ3n) is 3.17. The average Bonchev–Trinajstić information content (AvgIpc) is 2.40. The van der Waals surface area contributed by atoms with Gasteiger partial charge in [-0.2, -0.15) is 0 Å². The van der Waals surface area contributed by atoms with E-state index in [0.717, 1.165) is 0 Å². The molecule has 1 aromatic rings. The van der Waals surface area contributed by atoms with E-state index >= 15 is 0 Å². The molecule has 0 saturated heterocycles. The van der Waals surface area contributed by atoms with Gasteiger partial charge in [-0.15, -0.1) is 0 Å². The Bertz CT molecular complexity index is 516. The molecule has 1 rings (SSSR count). The molecule has 0 fully saturated rings. The predicted molar refractivity (Wildman–Crippen MR) is 77.2 cm³/mol. The molecule has 0 aliphatic carbocycles. The first-order valence-corrected chi connectivity index (χ1v) is 6.97. The van der Waals surface area contributed by atoms with Crippen LogP contribution in [0.5, 0.6) is 0 Å². The summed E-state index contributed by atoms with van der Waals surface area (Å²) in [5.74, 6) is -1.94. The van der Waals surface area contributed by atoms with Gasteiger partial charge in [0.2, 0.25) is 0 Å². The maximum Gasteiger partial charge on any atom is 0.323 e. The largest absolute Gasteiger partial charge is 0.480 e. The van der Waals surface area contributed by atoms with Crippen molar-refractivity contribution >= 4 is 35.1 Å². The van der Waals surface area contributed by atoms with Gasteiger partial charge in [0.1, 0.15) is 0 Å². The Morgan fingerprint density at radius 3 is 2.35 bits per heavy atom. The lowest BCUT2D eigenvalue weighted by Gasteiger charge is -2.25. The second-order valence-corrected chi connectivity index (χ2v) is 5.20. The fourth-order valence-corrected chi connectivity index (χ4v) is 2.24. The number of aliphatic carboxylic acids is 1. The number of ether oxygens (including phenoxy) is 1. The predicted octanol–water partition coefficient (Wildman–Crippen LogP) is 3.58. The van der Waals surface area contributed by atoms with Crippen LogP contribution in [0.15, 0.2) is 18.2 Å². The van der Waals surface area contributed by atoms with E-state index in [1.165, 1.54) is 0 Å². The second kappa shape index (κ2) is 6.95. The van der Waals surface area contributed by atoms with Crippen molar-refractivity contribution in [3.63, 3.8) is 0 Å². The molecule has 4 nitrogen and oxygen atoms in total. The highest BCUT2D eigenvalue weighted by atomic mass is 35.5. The van der Waals surface area contributed by atoms with Crippen molar-refractivity contribution in [2.24, 2.45) is 5.41 Å². The highest BCUT2D eigenvalue weighted by Crippen LogP contribution is 2.32. The topological polar surface area (TPSA) is 63.6 Å². The molecule has 6 heteroatoms. The summed E-state index contributed by atoms with van der Waals surface area (Å²) < 4.78 is 4.91. The standard InChI is InChI=1S/C14H16Cl2O4/c1-3-14(12(17)18,13(19)20-4-2)8-9-5-6-10(15)11(16)7-9/h5-7H,3-4,8H2,1-2H3,(H,17,18). The van der Waals surface area contributed by atoms with Crippen molar-refractivity contribution < 1.29 is 19.4 Å². The molecule has 0 radical (unpaired) electrons. The molecule has 0 amide bonds. The van der Waals surface area contributed by atoms with E-state index in [0.29, 0.717) is 15.6 Å². The average molecular weight is 319 g/mol. The number of hydrogen-bond donors (Lipinski definition) is 1. The lowest BCUT2D eigenvalue weighted by molar-refractivity contribution is -0.168. The first-order chi connectivity index (χ1) is 9.37. The number of carboxylic acid groups (broad SMARTS) is 1. The molecule has 0 aromatic heterocycles. The summed E-state index contributed by atoms with van der Waals surface area (Å²) in [5.41, 5.74) is -0.982. The molecule has 0 bridgehead atoms. The molecule has 0 heterocycles. The number of halogens is 2. The SMILES string of the molecule is CCOC(=O)C(CC)(Cc1ccc(Cl)c(Cl)c1)C(=O)O. The molecule has 20 heavy (non-hydrogen) atoms. The van der Waals surface area contributed by atoms with Gasteiger partial charge in [0, 0.05) is 0 Å². The molecule has 0 spiro atoms. The van der Waals surface area contributed by atoms with Crippen molar-refractivity contribution in [3.8, 4) is 0 Å². The smallest absolute Gasteiger partial charge is 0.323 e. The summed E-state index contributed by atoms with van der Waals surface area (Å²) in [5, 5.41) is 10.1. The quantitative estimate of drug-likeness (QED) is 0.643. The summed E-state index contributed by atoms with van der Waals surface area (Å²) in [4.78, 5) is 23.6. The van der Waals surface area contributed by atoms with Crippen LogP contribution in [0.25, 0.3) is 0 Å². The molecule has 1 aromatic carbocycles. The van der Waals surface area contributed by atoms with Gasteiger partial charge in [-0.1, -0.05) is 36.2 Å². The lowest BCUT2D eigenvalue weighted by Crippen LogP contribution is -2.42. The van der Waals surface area contributed by atoms with E-state index in [1.54, 1.807) is 32.0 Å². The maximum absolute atomic E-state index is 12.0. The Morgan fingerprint density at radius 1 is 1.25 bits per heavy atom. The monoisotopic (exact) mass is 318 g/mol. The molecule has 1 unspecified atom stereocenters. The number of hydrogen-bond acceptors (Lipinski definition) is 3. The van der Waals surface area contributed by atoms with Gasteiger partial charge in [0.25, 0.3) is 0 Å². The summed E-state index contributed by atoms with van der Waals surface area (Å²) in [7, 11) is 0. The molecule has 0 aliphatic rings. The Hall–Kier alpha value is -1.26. The summed E-state index contributed by atoms with van der Waals surface area (Å²) in [6.45, 7) is 3.41. The van der Waals surface area contributed by atoms with Crippen molar-refractivity contribution in [2.45, 2.75) is 26.7 Å². The summed E-state index contributed by atoms with van der Waals surface area (Å²) >= 11 is 11.7. The van der Waals surface area contributed by atoms with Crippen LogP contribution in [0.1, 0.15) is 25.8 Å². The fraction of sp³-hybridized carbons (Fsp3) is 0.429. The maximum atomic E-state index is 12.0. The Labute approximate surface area is 127 Å². The van der Waals surface area contributed by atoms with Gasteiger partial charge >= 0.3 is 11.9 Å². The van der Waals surface area contributed by atoms with Crippen LogP contribution in [-0.2, 0) is 20.7 Å². The van der Waals surface area contributed by atoms with Gasteiger partial charge in [-0.3, -0.25) is 9.59 Å². The number of benzene rings is 1. The number of carbonyl (C=O) groups is 2. The number of carboxylic acids is 1. The second-order valence-electron chi connectivity index (χ2n) is 4.39. The molecule has 1 N–H and O–H groups in total. The lowest BCUT2D eigenvalue weighted by atomic mass is 9.79. The third-order valence-corrected chi connectivity index (χ3v) is 3.91. The summed E-state index contributed by atoms with van der Waals surface area (Å²) in [6.07, 6.45) is 0.135. The first kappa shape index (κ1) is 16.8. The van der Waals surface area contributed by atoms with Crippen LogP contribution in [0.4, 0.5) is 0 Å². The molecular formula is C14H16Cl2O4. The zero-order valence-corrected chi connectivity index (χ0v) is 12.8. The van der Waals surface area contributed by atoms with Crippen LogP contribution < -0.4 is 0 Å². The molecule has 1 atom stereocenters. The zero-order valence-electron chi connectivity index (χ0n) is 11.3. The number of esters is 1. The third kappa shape index (κ3) is 3.44. The normalized spacial score (nSPS) is 13.6. The van der Waals surface area contributed by atoms with Gasteiger partial charge in [0.05, 0.1) is 16.7 Å². The molecule has 0 saturated carbocycles. The van der Waals surface area contributed by atoms with Crippen LogP contribution >= 0.6 is 23.2 Å². The van der Waals surface area contributed by atoms with Crippen LogP contribution in [0.2, 0.25) is 10.0 Å². The molecule has 110 valence electrons. The Kier molecular flexibility index (Phi) is 5.84. The van der Waals surface area contributed by atoms with Gasteiger partial charge in [-0.05, 0) is 37.5 Å². The van der Waals surface area contributed by atoms with Crippen LogP contribution in [0, 0.1) is 5.41 Å².